The minimum Gasteiger partial charge on any atom is -0.376 e. The van der Waals surface area contributed by atoms with E-state index in [4.69, 9.17) is 11.6 Å². The molecule has 0 fully saturated rings. The molecular weight excluding hydrogens is 210 g/mol. The van der Waals surface area contributed by atoms with Crippen LogP contribution >= 0.6 is 11.6 Å². The van der Waals surface area contributed by atoms with Crippen LogP contribution in [0.5, 0.6) is 0 Å². The first-order valence-electron chi connectivity index (χ1n) is 4.96. The fourth-order valence-electron chi connectivity index (χ4n) is 1.46. The third kappa shape index (κ3) is 2.96. The van der Waals surface area contributed by atoms with Crippen LogP contribution < -0.4 is 4.90 Å². The quantitative estimate of drug-likeness (QED) is 0.734. The van der Waals surface area contributed by atoms with Crippen molar-refractivity contribution < 1.29 is 4.79 Å². The van der Waals surface area contributed by atoms with E-state index in [1.54, 1.807) is 0 Å². The van der Waals surface area contributed by atoms with Crippen LogP contribution in [0.1, 0.15) is 24.8 Å². The molecule has 0 aliphatic rings. The Bertz CT molecular complexity index is 349. The number of benzene rings is 1. The van der Waals surface area contributed by atoms with Crippen molar-refractivity contribution in [3.63, 3.8) is 0 Å². The van der Waals surface area contributed by atoms with E-state index in [2.05, 4.69) is 0 Å². The van der Waals surface area contributed by atoms with Gasteiger partial charge in [-0.25, -0.2) is 0 Å². The average Bonchev–Trinajstić information content (AvgIpc) is 2.18. The molecule has 3 heteroatoms. The number of nitrogens with zero attached hydrogens (tertiary/aromatic N) is 1. The van der Waals surface area contributed by atoms with E-state index in [0.717, 1.165) is 22.6 Å². The van der Waals surface area contributed by atoms with Gasteiger partial charge in [-0.3, -0.25) is 0 Å². The fourth-order valence-corrected chi connectivity index (χ4v) is 1.75. The Kier molecular flexibility index (Phi) is 4.15. The van der Waals surface area contributed by atoms with E-state index in [-0.39, 0.29) is 5.92 Å². The predicted molar refractivity (Wildman–Crippen MR) is 64.9 cm³/mol. The Balaban J connectivity index is 3.01. The highest BCUT2D eigenvalue weighted by molar-refractivity contribution is 6.33. The van der Waals surface area contributed by atoms with E-state index in [1.165, 1.54) is 0 Å². The van der Waals surface area contributed by atoms with Crippen LogP contribution in [0.15, 0.2) is 18.2 Å². The molecule has 1 aromatic rings. The summed E-state index contributed by atoms with van der Waals surface area (Å²) in [5, 5.41) is 0.738. The molecule has 0 N–H and O–H groups in total. The van der Waals surface area contributed by atoms with Gasteiger partial charge in [-0.05, 0) is 23.6 Å². The minimum atomic E-state index is 0.249. The molecule has 0 bridgehead atoms. The van der Waals surface area contributed by atoms with Gasteiger partial charge in [0.1, 0.15) is 6.29 Å². The van der Waals surface area contributed by atoms with Gasteiger partial charge in [0.05, 0.1) is 10.7 Å². The molecule has 1 rings (SSSR count). The van der Waals surface area contributed by atoms with E-state index in [1.807, 2.05) is 44.1 Å². The normalized spacial score (nSPS) is 12.3. The van der Waals surface area contributed by atoms with Crippen LogP contribution in [0, 0.1) is 0 Å². The van der Waals surface area contributed by atoms with Crippen LogP contribution in [0.3, 0.4) is 0 Å². The topological polar surface area (TPSA) is 20.3 Å². The van der Waals surface area contributed by atoms with E-state index in [0.29, 0.717) is 6.42 Å². The van der Waals surface area contributed by atoms with Gasteiger partial charge in [0.25, 0.3) is 0 Å². The van der Waals surface area contributed by atoms with Gasteiger partial charge in [-0.15, -0.1) is 0 Å². The van der Waals surface area contributed by atoms with Crippen molar-refractivity contribution in [1.82, 2.24) is 0 Å². The number of carbonyl (C=O) groups is 1. The third-order valence-corrected chi connectivity index (χ3v) is 2.79. The number of carbonyl (C=O) groups excluding carboxylic acids is 1. The Hall–Kier alpha value is -1.02. The lowest BCUT2D eigenvalue weighted by molar-refractivity contribution is -0.108. The molecule has 0 heterocycles. The van der Waals surface area contributed by atoms with Crippen LogP contribution in [-0.2, 0) is 4.79 Å². The molecule has 0 radical (unpaired) electrons. The average molecular weight is 226 g/mol. The van der Waals surface area contributed by atoms with Gasteiger partial charge < -0.3 is 9.69 Å². The van der Waals surface area contributed by atoms with Crippen molar-refractivity contribution in [3.05, 3.63) is 28.8 Å². The molecule has 1 unspecified atom stereocenters. The minimum absolute atomic E-state index is 0.249. The number of hydrogen-bond donors (Lipinski definition) is 0. The zero-order valence-corrected chi connectivity index (χ0v) is 10.1. The van der Waals surface area contributed by atoms with Crippen molar-refractivity contribution in [1.29, 1.82) is 0 Å². The first kappa shape index (κ1) is 12.1. The SMILES string of the molecule is CC(CC=O)c1ccc(Cl)c(N(C)C)c1. The lowest BCUT2D eigenvalue weighted by atomic mass is 9.98. The summed E-state index contributed by atoms with van der Waals surface area (Å²) in [6.07, 6.45) is 1.50. The maximum absolute atomic E-state index is 10.4. The second-order valence-corrected chi connectivity index (χ2v) is 4.32. The van der Waals surface area contributed by atoms with Crippen molar-refractivity contribution in [2.75, 3.05) is 19.0 Å². The number of aldehydes is 1. The summed E-state index contributed by atoms with van der Waals surface area (Å²) in [7, 11) is 3.91. The zero-order chi connectivity index (χ0) is 11.4. The summed E-state index contributed by atoms with van der Waals surface area (Å²) < 4.78 is 0. The highest BCUT2D eigenvalue weighted by Crippen LogP contribution is 2.29. The Morgan fingerprint density at radius 3 is 2.67 bits per heavy atom. The predicted octanol–water partition coefficient (Wildman–Crippen LogP) is 3.10. The highest BCUT2D eigenvalue weighted by Gasteiger charge is 2.09. The Morgan fingerprint density at radius 2 is 2.13 bits per heavy atom. The second kappa shape index (κ2) is 5.17. The molecule has 15 heavy (non-hydrogen) atoms. The van der Waals surface area contributed by atoms with Crippen LogP contribution in [-0.4, -0.2) is 20.4 Å². The van der Waals surface area contributed by atoms with Gasteiger partial charge >= 0.3 is 0 Å². The molecule has 0 aliphatic heterocycles. The molecule has 0 spiro atoms. The molecule has 1 atom stereocenters. The van der Waals surface area contributed by atoms with Crippen LogP contribution in [0.25, 0.3) is 0 Å². The molecular formula is C12H16ClNO. The summed E-state index contributed by atoms with van der Waals surface area (Å²) in [5.41, 5.74) is 2.14. The fraction of sp³-hybridized carbons (Fsp3) is 0.417. The van der Waals surface area contributed by atoms with Crippen molar-refractivity contribution in [3.8, 4) is 0 Å². The maximum atomic E-state index is 10.4. The second-order valence-electron chi connectivity index (χ2n) is 3.91. The van der Waals surface area contributed by atoms with E-state index >= 15 is 0 Å². The summed E-state index contributed by atoms with van der Waals surface area (Å²) in [6, 6.07) is 5.90. The molecule has 1 aromatic carbocycles. The number of halogens is 1. The van der Waals surface area contributed by atoms with Crippen LogP contribution in [0.2, 0.25) is 5.02 Å². The first-order chi connectivity index (χ1) is 7.06. The molecule has 0 saturated carbocycles. The standard InChI is InChI=1S/C12H16ClNO/c1-9(6-7-15)10-4-5-11(13)12(8-10)14(2)3/h4-5,7-9H,6H2,1-3H3. The van der Waals surface area contributed by atoms with Gasteiger partial charge in [-0.1, -0.05) is 24.6 Å². The van der Waals surface area contributed by atoms with Crippen molar-refractivity contribution >= 4 is 23.6 Å². The molecule has 0 aliphatic carbocycles. The molecule has 82 valence electrons. The summed E-state index contributed by atoms with van der Waals surface area (Å²) in [5.74, 6) is 0.249. The molecule has 0 saturated heterocycles. The van der Waals surface area contributed by atoms with Gasteiger partial charge in [0, 0.05) is 20.5 Å². The molecule has 0 amide bonds. The lowest BCUT2D eigenvalue weighted by Crippen LogP contribution is -2.10. The number of rotatable bonds is 4. The molecule has 2 nitrogen and oxygen atoms in total. The largest absolute Gasteiger partial charge is 0.376 e. The lowest BCUT2D eigenvalue weighted by Gasteiger charge is -2.17. The van der Waals surface area contributed by atoms with E-state index in [9.17, 15) is 4.79 Å². The van der Waals surface area contributed by atoms with Crippen molar-refractivity contribution in [2.45, 2.75) is 19.3 Å². The summed E-state index contributed by atoms with van der Waals surface area (Å²) >= 11 is 6.06. The monoisotopic (exact) mass is 225 g/mol. The third-order valence-electron chi connectivity index (χ3n) is 2.47. The smallest absolute Gasteiger partial charge is 0.120 e. The van der Waals surface area contributed by atoms with Gasteiger partial charge in [0.2, 0.25) is 0 Å². The molecule has 0 aromatic heterocycles. The van der Waals surface area contributed by atoms with Gasteiger partial charge in [-0.2, -0.15) is 0 Å². The summed E-state index contributed by atoms with van der Waals surface area (Å²) in [4.78, 5) is 12.4. The first-order valence-corrected chi connectivity index (χ1v) is 5.34. The van der Waals surface area contributed by atoms with Crippen molar-refractivity contribution in [2.24, 2.45) is 0 Å². The van der Waals surface area contributed by atoms with Crippen LogP contribution in [0.4, 0.5) is 5.69 Å². The Morgan fingerprint density at radius 1 is 1.47 bits per heavy atom. The highest BCUT2D eigenvalue weighted by atomic mass is 35.5. The van der Waals surface area contributed by atoms with E-state index < -0.39 is 0 Å². The maximum Gasteiger partial charge on any atom is 0.120 e. The number of anilines is 1. The Labute approximate surface area is 95.8 Å². The zero-order valence-electron chi connectivity index (χ0n) is 9.33. The summed E-state index contributed by atoms with van der Waals surface area (Å²) in [6.45, 7) is 2.04. The number of hydrogen-bond acceptors (Lipinski definition) is 2. The van der Waals surface area contributed by atoms with Gasteiger partial charge in [0.15, 0.2) is 0 Å².